The summed E-state index contributed by atoms with van der Waals surface area (Å²) >= 11 is 11.7. The predicted octanol–water partition coefficient (Wildman–Crippen LogP) is 2.70. The maximum atomic E-state index is 12.3. The van der Waals surface area contributed by atoms with E-state index < -0.39 is 29.7 Å². The summed E-state index contributed by atoms with van der Waals surface area (Å²) in [6.45, 7) is 3.25. The molecule has 2 amide bonds. The maximum Gasteiger partial charge on any atom is 0.327 e. The van der Waals surface area contributed by atoms with E-state index in [9.17, 15) is 19.5 Å². The molecular weight excluding hydrogens is 305 g/mol. The Morgan fingerprint density at radius 2 is 1.50 bits per heavy atom. The van der Waals surface area contributed by atoms with Crippen LogP contribution in [0.1, 0.15) is 34.6 Å². The molecule has 1 heterocycles. The van der Waals surface area contributed by atoms with Crippen molar-refractivity contribution in [2.75, 3.05) is 0 Å². The third-order valence-corrected chi connectivity index (χ3v) is 3.84. The zero-order chi connectivity index (χ0) is 15.2. The van der Waals surface area contributed by atoms with Gasteiger partial charge in [-0.15, -0.1) is 0 Å². The lowest BCUT2D eigenvalue weighted by Gasteiger charge is -2.25. The summed E-state index contributed by atoms with van der Waals surface area (Å²) in [4.78, 5) is 36.6. The Kier molecular flexibility index (Phi) is 3.75. The standard InChI is InChI=1S/C13H11Cl2NO4/c1-5(2)10(13(19)20)16-11(17)6-3-8(14)9(15)4-7(6)12(16)18/h3-5,10H,1-2H3,(H,19,20). The number of carbonyl (C=O) groups excluding carboxylic acids is 2. The largest absolute Gasteiger partial charge is 0.480 e. The molecule has 0 aliphatic carbocycles. The number of halogens is 2. The average Bonchev–Trinajstić information content (AvgIpc) is 2.55. The van der Waals surface area contributed by atoms with E-state index in [4.69, 9.17) is 23.2 Å². The van der Waals surface area contributed by atoms with Gasteiger partial charge in [0.25, 0.3) is 11.8 Å². The van der Waals surface area contributed by atoms with Crippen LogP contribution in [0.2, 0.25) is 10.0 Å². The molecule has 0 fully saturated rings. The topological polar surface area (TPSA) is 74.7 Å². The van der Waals surface area contributed by atoms with Gasteiger partial charge < -0.3 is 5.11 Å². The van der Waals surface area contributed by atoms with Crippen LogP contribution in [0.15, 0.2) is 12.1 Å². The van der Waals surface area contributed by atoms with E-state index in [1.807, 2.05) is 0 Å². The van der Waals surface area contributed by atoms with Gasteiger partial charge >= 0.3 is 5.97 Å². The van der Waals surface area contributed by atoms with Crippen molar-refractivity contribution < 1.29 is 19.5 Å². The van der Waals surface area contributed by atoms with Gasteiger partial charge in [-0.3, -0.25) is 14.5 Å². The fourth-order valence-corrected chi connectivity index (χ4v) is 2.53. The Labute approximate surface area is 125 Å². The number of hydrogen-bond donors (Lipinski definition) is 1. The van der Waals surface area contributed by atoms with Crippen molar-refractivity contribution >= 4 is 41.0 Å². The number of imide groups is 1. The van der Waals surface area contributed by atoms with Crippen LogP contribution in [0.5, 0.6) is 0 Å². The molecule has 0 spiro atoms. The number of rotatable bonds is 3. The van der Waals surface area contributed by atoms with Crippen LogP contribution in [0, 0.1) is 5.92 Å². The first-order valence-electron chi connectivity index (χ1n) is 5.85. The quantitative estimate of drug-likeness (QED) is 0.870. The normalized spacial score (nSPS) is 15.8. The number of carboxylic acids is 1. The minimum Gasteiger partial charge on any atom is -0.480 e. The fourth-order valence-electron chi connectivity index (χ4n) is 2.20. The van der Waals surface area contributed by atoms with E-state index in [1.54, 1.807) is 13.8 Å². The fraction of sp³-hybridized carbons (Fsp3) is 0.308. The molecule has 5 nitrogen and oxygen atoms in total. The first-order chi connectivity index (χ1) is 9.25. The summed E-state index contributed by atoms with van der Waals surface area (Å²) in [7, 11) is 0. The molecule has 0 aromatic heterocycles. The molecule has 0 bridgehead atoms. The zero-order valence-corrected chi connectivity index (χ0v) is 12.2. The Morgan fingerprint density at radius 3 is 1.80 bits per heavy atom. The molecule has 1 atom stereocenters. The molecule has 20 heavy (non-hydrogen) atoms. The molecule has 0 saturated heterocycles. The van der Waals surface area contributed by atoms with Gasteiger partial charge in [0.05, 0.1) is 21.2 Å². The molecule has 1 N–H and O–H groups in total. The van der Waals surface area contributed by atoms with E-state index in [0.717, 1.165) is 4.90 Å². The highest BCUT2D eigenvalue weighted by atomic mass is 35.5. The number of amides is 2. The van der Waals surface area contributed by atoms with Crippen molar-refractivity contribution in [1.82, 2.24) is 4.90 Å². The molecule has 7 heteroatoms. The maximum absolute atomic E-state index is 12.3. The van der Waals surface area contributed by atoms with E-state index in [1.165, 1.54) is 12.1 Å². The summed E-state index contributed by atoms with van der Waals surface area (Å²) < 4.78 is 0. The molecule has 106 valence electrons. The second-order valence-electron chi connectivity index (χ2n) is 4.82. The van der Waals surface area contributed by atoms with Gasteiger partial charge in [-0.2, -0.15) is 0 Å². The van der Waals surface area contributed by atoms with Crippen molar-refractivity contribution in [2.24, 2.45) is 5.92 Å². The number of hydrogen-bond acceptors (Lipinski definition) is 3. The van der Waals surface area contributed by atoms with Crippen LogP contribution in [-0.2, 0) is 4.79 Å². The molecule has 1 aliphatic heterocycles. The third kappa shape index (κ3) is 2.17. The predicted molar refractivity (Wildman–Crippen MR) is 73.2 cm³/mol. The second kappa shape index (κ2) is 5.07. The molecule has 1 unspecified atom stereocenters. The Hall–Kier alpha value is -1.59. The summed E-state index contributed by atoms with van der Waals surface area (Å²) in [6, 6.07) is 1.36. The number of benzene rings is 1. The summed E-state index contributed by atoms with van der Waals surface area (Å²) in [5.41, 5.74) is 0.160. The summed E-state index contributed by atoms with van der Waals surface area (Å²) in [6.07, 6.45) is 0. The first-order valence-corrected chi connectivity index (χ1v) is 6.61. The Morgan fingerprint density at radius 1 is 1.10 bits per heavy atom. The minimum absolute atomic E-state index is 0.0799. The monoisotopic (exact) mass is 315 g/mol. The van der Waals surface area contributed by atoms with Crippen LogP contribution in [-0.4, -0.2) is 33.8 Å². The van der Waals surface area contributed by atoms with E-state index in [0.29, 0.717) is 0 Å². The lowest BCUT2D eigenvalue weighted by atomic mass is 10.0. The van der Waals surface area contributed by atoms with Crippen molar-refractivity contribution in [3.05, 3.63) is 33.3 Å². The number of nitrogens with zero attached hydrogens (tertiary/aromatic N) is 1. The Bertz CT molecular complexity index is 586. The van der Waals surface area contributed by atoms with Gasteiger partial charge in [-0.1, -0.05) is 37.0 Å². The smallest absolute Gasteiger partial charge is 0.327 e. The van der Waals surface area contributed by atoms with Gasteiger partial charge in [-0.05, 0) is 18.1 Å². The highest BCUT2D eigenvalue weighted by Crippen LogP contribution is 2.33. The van der Waals surface area contributed by atoms with Crippen LogP contribution < -0.4 is 0 Å². The van der Waals surface area contributed by atoms with Crippen LogP contribution in [0.4, 0.5) is 0 Å². The highest BCUT2D eigenvalue weighted by molar-refractivity contribution is 6.43. The van der Waals surface area contributed by atoms with E-state index in [-0.39, 0.29) is 21.2 Å². The second-order valence-corrected chi connectivity index (χ2v) is 5.63. The molecule has 1 aromatic carbocycles. The van der Waals surface area contributed by atoms with Gasteiger partial charge in [0, 0.05) is 0 Å². The van der Waals surface area contributed by atoms with Crippen LogP contribution >= 0.6 is 23.2 Å². The average molecular weight is 316 g/mol. The molecule has 2 rings (SSSR count). The van der Waals surface area contributed by atoms with Crippen molar-refractivity contribution in [3.8, 4) is 0 Å². The van der Waals surface area contributed by atoms with Gasteiger partial charge in [0.15, 0.2) is 0 Å². The zero-order valence-electron chi connectivity index (χ0n) is 10.7. The summed E-state index contributed by atoms with van der Waals surface area (Å²) in [5.74, 6) is -2.97. The molecular formula is C13H11Cl2NO4. The molecule has 0 saturated carbocycles. The van der Waals surface area contributed by atoms with Gasteiger partial charge in [-0.25, -0.2) is 4.79 Å². The van der Waals surface area contributed by atoms with Crippen LogP contribution in [0.25, 0.3) is 0 Å². The van der Waals surface area contributed by atoms with Gasteiger partial charge in [0.2, 0.25) is 0 Å². The summed E-state index contributed by atoms with van der Waals surface area (Å²) in [5, 5.41) is 9.52. The highest BCUT2D eigenvalue weighted by Gasteiger charge is 2.44. The molecule has 1 aliphatic rings. The van der Waals surface area contributed by atoms with Gasteiger partial charge in [0.1, 0.15) is 6.04 Å². The Balaban J connectivity index is 2.54. The van der Waals surface area contributed by atoms with Crippen molar-refractivity contribution in [2.45, 2.75) is 19.9 Å². The third-order valence-electron chi connectivity index (χ3n) is 3.12. The number of carbonyl (C=O) groups is 3. The van der Waals surface area contributed by atoms with Crippen molar-refractivity contribution in [1.29, 1.82) is 0 Å². The van der Waals surface area contributed by atoms with E-state index >= 15 is 0 Å². The lowest BCUT2D eigenvalue weighted by Crippen LogP contribution is -2.47. The van der Waals surface area contributed by atoms with E-state index in [2.05, 4.69) is 0 Å². The lowest BCUT2D eigenvalue weighted by molar-refractivity contribution is -0.143. The number of aliphatic carboxylic acids is 1. The van der Waals surface area contributed by atoms with Crippen LogP contribution in [0.3, 0.4) is 0 Å². The number of fused-ring (bicyclic) bond motifs is 1. The molecule has 1 aromatic rings. The minimum atomic E-state index is -1.23. The number of carboxylic acid groups (broad SMARTS) is 1. The first kappa shape index (κ1) is 14.8. The molecule has 0 radical (unpaired) electrons. The van der Waals surface area contributed by atoms with Crippen molar-refractivity contribution in [3.63, 3.8) is 0 Å². The SMILES string of the molecule is CC(C)C(C(=O)O)N1C(=O)c2cc(Cl)c(Cl)cc2C1=O.